The number of non-ortho nitro benzene ring substituents is 1. The van der Waals surface area contributed by atoms with E-state index in [1.165, 1.54) is 42.5 Å². The summed E-state index contributed by atoms with van der Waals surface area (Å²) in [6, 6.07) is 23.1. The molecule has 4 aromatic rings. The number of carbonyl (C=O) groups excluding carboxylic acids is 3. The Hall–Kier alpha value is -5.02. The Labute approximate surface area is 220 Å². The molecule has 4 aromatic carbocycles. The van der Waals surface area contributed by atoms with Gasteiger partial charge < -0.3 is 9.47 Å². The third kappa shape index (κ3) is 4.82. The molecule has 0 bridgehead atoms. The molecule has 188 valence electrons. The van der Waals surface area contributed by atoms with Crippen molar-refractivity contribution < 1.29 is 28.8 Å². The molecule has 0 radical (unpaired) electrons. The minimum absolute atomic E-state index is 0.0489. The lowest BCUT2D eigenvalue weighted by Gasteiger charge is -2.15. The molecule has 0 aliphatic carbocycles. The summed E-state index contributed by atoms with van der Waals surface area (Å²) < 4.78 is 11.1. The minimum Gasteiger partial charge on any atom is -0.457 e. The molecule has 0 spiro atoms. The number of nitrogens with zero attached hydrogens (tertiary/aromatic N) is 2. The number of para-hydroxylation sites is 1. The highest BCUT2D eigenvalue weighted by molar-refractivity contribution is 6.39. The predicted molar refractivity (Wildman–Crippen MR) is 138 cm³/mol. The Morgan fingerprint density at radius 3 is 2.32 bits per heavy atom. The number of nitro groups is 1. The van der Waals surface area contributed by atoms with Gasteiger partial charge in [0.15, 0.2) is 0 Å². The largest absolute Gasteiger partial charge is 0.457 e. The van der Waals surface area contributed by atoms with Crippen molar-refractivity contribution in [3.05, 3.63) is 128 Å². The van der Waals surface area contributed by atoms with Crippen molar-refractivity contribution >= 4 is 40.8 Å². The highest BCUT2D eigenvalue weighted by atomic mass is 35.5. The van der Waals surface area contributed by atoms with E-state index in [0.717, 1.165) is 4.90 Å². The van der Waals surface area contributed by atoms with E-state index in [1.807, 2.05) is 0 Å². The van der Waals surface area contributed by atoms with Gasteiger partial charge in [-0.1, -0.05) is 35.9 Å². The zero-order valence-corrected chi connectivity index (χ0v) is 20.3. The molecule has 38 heavy (non-hydrogen) atoms. The van der Waals surface area contributed by atoms with Crippen molar-refractivity contribution in [3.8, 4) is 11.5 Å². The number of esters is 1. The quantitative estimate of drug-likeness (QED) is 0.121. The number of anilines is 1. The maximum atomic E-state index is 13.0. The Balaban J connectivity index is 1.26. The normalized spacial score (nSPS) is 12.3. The van der Waals surface area contributed by atoms with Crippen molar-refractivity contribution in [2.24, 2.45) is 0 Å². The average molecular weight is 529 g/mol. The van der Waals surface area contributed by atoms with Gasteiger partial charge >= 0.3 is 5.97 Å². The summed E-state index contributed by atoms with van der Waals surface area (Å²) in [5, 5.41) is 11.1. The fourth-order valence-corrected chi connectivity index (χ4v) is 4.14. The maximum Gasteiger partial charge on any atom is 0.338 e. The van der Waals surface area contributed by atoms with E-state index in [2.05, 4.69) is 0 Å². The first-order chi connectivity index (χ1) is 18.3. The number of hydrogen-bond acceptors (Lipinski definition) is 7. The van der Waals surface area contributed by atoms with Gasteiger partial charge in [-0.05, 0) is 60.2 Å². The summed E-state index contributed by atoms with van der Waals surface area (Å²) in [6.07, 6.45) is 0. The molecular formula is C28H17ClN2O7. The number of hydrogen-bond donors (Lipinski definition) is 0. The maximum absolute atomic E-state index is 13.0. The molecule has 0 saturated heterocycles. The number of rotatable bonds is 7. The zero-order valence-electron chi connectivity index (χ0n) is 19.5. The summed E-state index contributed by atoms with van der Waals surface area (Å²) in [5.41, 5.74) is 1.22. The topological polar surface area (TPSA) is 116 Å². The van der Waals surface area contributed by atoms with Crippen LogP contribution in [-0.2, 0) is 11.3 Å². The number of nitro benzene ring substituents is 1. The zero-order chi connectivity index (χ0) is 26.8. The molecule has 0 fully saturated rings. The van der Waals surface area contributed by atoms with Crippen LogP contribution in [0, 0.1) is 10.1 Å². The molecule has 1 heterocycles. The van der Waals surface area contributed by atoms with Gasteiger partial charge in [0, 0.05) is 12.1 Å². The molecule has 5 rings (SSSR count). The predicted octanol–water partition coefficient (Wildman–Crippen LogP) is 6.20. The number of imide groups is 1. The fraction of sp³-hybridized carbons (Fsp3) is 0.0357. The van der Waals surface area contributed by atoms with E-state index in [9.17, 15) is 24.5 Å². The van der Waals surface area contributed by atoms with Crippen molar-refractivity contribution in [1.82, 2.24) is 0 Å². The molecular weight excluding hydrogens is 512 g/mol. The number of benzene rings is 4. The van der Waals surface area contributed by atoms with Crippen LogP contribution in [-0.4, -0.2) is 22.7 Å². The van der Waals surface area contributed by atoms with Crippen LogP contribution >= 0.6 is 11.6 Å². The summed E-state index contributed by atoms with van der Waals surface area (Å²) in [4.78, 5) is 49.9. The fourth-order valence-electron chi connectivity index (χ4n) is 3.92. The van der Waals surface area contributed by atoms with Crippen LogP contribution in [0.15, 0.2) is 91.0 Å². The lowest BCUT2D eigenvalue weighted by Crippen LogP contribution is -2.29. The monoisotopic (exact) mass is 528 g/mol. The molecule has 1 aliphatic heterocycles. The Kier molecular flexibility index (Phi) is 6.59. The van der Waals surface area contributed by atoms with Crippen molar-refractivity contribution in [2.45, 2.75) is 6.61 Å². The van der Waals surface area contributed by atoms with Gasteiger partial charge in [0.2, 0.25) is 0 Å². The molecule has 0 aromatic heterocycles. The molecule has 0 unspecified atom stereocenters. The van der Waals surface area contributed by atoms with Gasteiger partial charge in [0.1, 0.15) is 18.1 Å². The van der Waals surface area contributed by atoms with Crippen molar-refractivity contribution in [2.75, 3.05) is 4.90 Å². The number of fused-ring (bicyclic) bond motifs is 1. The summed E-state index contributed by atoms with van der Waals surface area (Å²) >= 11 is 6.18. The second kappa shape index (κ2) is 10.2. The van der Waals surface area contributed by atoms with E-state index in [1.54, 1.807) is 48.5 Å². The molecule has 0 N–H and O–H groups in total. The first kappa shape index (κ1) is 24.7. The molecule has 0 atom stereocenters. The number of amides is 2. The van der Waals surface area contributed by atoms with Gasteiger partial charge in [0.05, 0.1) is 32.3 Å². The SMILES string of the molecule is O=C(OCc1cccc(Oc2ccc([N+](=O)[O-])cc2)c1)c1ccc2c(c1)C(=O)N(c1ccccc1Cl)C2=O. The lowest BCUT2D eigenvalue weighted by atomic mass is 10.1. The van der Waals surface area contributed by atoms with E-state index < -0.39 is 22.7 Å². The second-order valence-corrected chi connectivity index (χ2v) is 8.64. The first-order valence-corrected chi connectivity index (χ1v) is 11.7. The second-order valence-electron chi connectivity index (χ2n) is 8.23. The summed E-state index contributed by atoms with van der Waals surface area (Å²) in [6.45, 7) is -0.0774. The third-order valence-corrected chi connectivity index (χ3v) is 6.09. The molecule has 1 aliphatic rings. The van der Waals surface area contributed by atoms with Gasteiger partial charge in [0.25, 0.3) is 17.5 Å². The van der Waals surface area contributed by atoms with E-state index in [0.29, 0.717) is 17.1 Å². The lowest BCUT2D eigenvalue weighted by molar-refractivity contribution is -0.384. The highest BCUT2D eigenvalue weighted by Gasteiger charge is 2.38. The van der Waals surface area contributed by atoms with Crippen LogP contribution in [0.5, 0.6) is 11.5 Å². The molecule has 2 amide bonds. The first-order valence-electron chi connectivity index (χ1n) is 11.3. The number of ether oxygens (including phenoxy) is 2. The Morgan fingerprint density at radius 1 is 0.842 bits per heavy atom. The van der Waals surface area contributed by atoms with Crippen LogP contribution < -0.4 is 9.64 Å². The molecule has 0 saturated carbocycles. The standard InChI is InChI=1S/C28H17ClN2O7/c29-24-6-1-2-7-25(24)30-26(32)22-13-8-18(15-23(22)27(30)33)28(34)37-16-17-4-3-5-21(14-17)38-20-11-9-19(10-12-20)31(35)36/h1-15H,16H2. The number of halogens is 1. The van der Waals surface area contributed by atoms with Gasteiger partial charge in [-0.2, -0.15) is 0 Å². The van der Waals surface area contributed by atoms with Crippen molar-refractivity contribution in [1.29, 1.82) is 0 Å². The smallest absolute Gasteiger partial charge is 0.338 e. The van der Waals surface area contributed by atoms with Gasteiger partial charge in [-0.15, -0.1) is 0 Å². The Bertz CT molecular complexity index is 1600. The summed E-state index contributed by atoms with van der Waals surface area (Å²) in [7, 11) is 0. The van der Waals surface area contributed by atoms with E-state index >= 15 is 0 Å². The van der Waals surface area contributed by atoms with Gasteiger partial charge in [-0.3, -0.25) is 19.7 Å². The molecule has 9 nitrogen and oxygen atoms in total. The van der Waals surface area contributed by atoms with Crippen LogP contribution in [0.25, 0.3) is 0 Å². The third-order valence-electron chi connectivity index (χ3n) is 5.77. The van der Waals surface area contributed by atoms with Gasteiger partial charge in [-0.25, -0.2) is 9.69 Å². The summed E-state index contributed by atoms with van der Waals surface area (Å²) in [5.74, 6) is -0.917. The van der Waals surface area contributed by atoms with E-state index in [-0.39, 0.29) is 39.7 Å². The van der Waals surface area contributed by atoms with Crippen LogP contribution in [0.2, 0.25) is 5.02 Å². The minimum atomic E-state index is -0.675. The van der Waals surface area contributed by atoms with Crippen LogP contribution in [0.4, 0.5) is 11.4 Å². The Morgan fingerprint density at radius 2 is 1.58 bits per heavy atom. The van der Waals surface area contributed by atoms with Crippen LogP contribution in [0.3, 0.4) is 0 Å². The van der Waals surface area contributed by atoms with Crippen LogP contribution in [0.1, 0.15) is 36.6 Å². The van der Waals surface area contributed by atoms with E-state index in [4.69, 9.17) is 21.1 Å². The van der Waals surface area contributed by atoms with Crippen molar-refractivity contribution in [3.63, 3.8) is 0 Å². The highest BCUT2D eigenvalue weighted by Crippen LogP contribution is 2.33. The molecule has 10 heteroatoms. The number of carbonyl (C=O) groups is 3. The average Bonchev–Trinajstić information content (AvgIpc) is 3.17.